The van der Waals surface area contributed by atoms with Gasteiger partial charge in [0.15, 0.2) is 11.6 Å². The molecule has 0 spiro atoms. The van der Waals surface area contributed by atoms with Crippen LogP contribution in [0.4, 0.5) is 39.5 Å². The molecule has 0 aromatic carbocycles. The highest BCUT2D eigenvalue weighted by molar-refractivity contribution is 7.92. The number of pyridine rings is 2. The third-order valence-electron chi connectivity index (χ3n) is 6.24. The van der Waals surface area contributed by atoms with Gasteiger partial charge in [0.1, 0.15) is 20.4 Å². The molecule has 0 aliphatic heterocycles. The summed E-state index contributed by atoms with van der Waals surface area (Å²) in [4.78, 5) is 5.44. The fourth-order valence-corrected chi connectivity index (χ4v) is 6.21. The summed E-state index contributed by atoms with van der Waals surface area (Å²) in [7, 11) is -9.00. The minimum atomic E-state index is -5.72. The Morgan fingerprint density at radius 3 is 1.45 bits per heavy atom. The molecule has 12 nitrogen and oxygen atoms in total. The van der Waals surface area contributed by atoms with Gasteiger partial charge in [-0.1, -0.05) is 23.2 Å². The SMILES string of the molecule is COc1nc(-n2ncc(S(=O)(=O)C(F)(F)F)c2C)c(C)cc1Cl.COc1nc(-n2ncc(S(=O)(=O)C(F)(F)F)c2C)c(Cl)cc1C(F)(F)F. The van der Waals surface area contributed by atoms with Crippen LogP contribution in [0.1, 0.15) is 22.5 Å². The number of methoxy groups -OCH3 is 2. The van der Waals surface area contributed by atoms with Gasteiger partial charge >= 0.3 is 17.2 Å². The molecule has 4 rings (SSSR count). The molecule has 0 saturated heterocycles. The number of aromatic nitrogens is 6. The zero-order valence-electron chi connectivity index (χ0n) is 24.9. The van der Waals surface area contributed by atoms with Gasteiger partial charge in [-0.15, -0.1) is 0 Å². The molecule has 0 unspecified atom stereocenters. The van der Waals surface area contributed by atoms with Crippen LogP contribution in [0.25, 0.3) is 11.6 Å². The molecule has 0 atom stereocenters. The highest BCUT2D eigenvalue weighted by Gasteiger charge is 2.49. The summed E-state index contributed by atoms with van der Waals surface area (Å²) in [5, 5.41) is 6.74. The lowest BCUT2D eigenvalue weighted by Gasteiger charge is -2.14. The van der Waals surface area contributed by atoms with Crippen molar-refractivity contribution >= 4 is 42.9 Å². The monoisotopic (exact) mass is 792 g/mol. The largest absolute Gasteiger partial charge is 0.502 e. The van der Waals surface area contributed by atoms with E-state index < -0.39 is 74.6 Å². The molecular weight excluding hydrogens is 774 g/mol. The van der Waals surface area contributed by atoms with E-state index in [0.717, 1.165) is 18.7 Å². The predicted octanol–water partition coefficient (Wildman–Crippen LogP) is 6.39. The lowest BCUT2D eigenvalue weighted by Crippen LogP contribution is -2.23. The van der Waals surface area contributed by atoms with Crippen LogP contribution >= 0.6 is 23.2 Å². The first-order chi connectivity index (χ1) is 22.2. The van der Waals surface area contributed by atoms with E-state index in [0.29, 0.717) is 28.7 Å². The van der Waals surface area contributed by atoms with E-state index in [9.17, 15) is 56.3 Å². The molecule has 0 aliphatic carbocycles. The van der Waals surface area contributed by atoms with E-state index in [1.165, 1.54) is 20.1 Å². The molecule has 0 N–H and O–H groups in total. The lowest BCUT2D eigenvalue weighted by atomic mass is 10.2. The van der Waals surface area contributed by atoms with Crippen LogP contribution in [0.2, 0.25) is 10.0 Å². The number of rotatable bonds is 6. The van der Waals surface area contributed by atoms with Crippen LogP contribution in [0, 0.1) is 20.8 Å². The summed E-state index contributed by atoms with van der Waals surface area (Å²) in [6, 6.07) is 1.93. The van der Waals surface area contributed by atoms with Gasteiger partial charge in [-0.25, -0.2) is 26.2 Å². The van der Waals surface area contributed by atoms with Crippen LogP contribution in [-0.4, -0.2) is 71.6 Å². The lowest BCUT2D eigenvalue weighted by molar-refractivity contribution is -0.139. The van der Waals surface area contributed by atoms with Gasteiger partial charge in [0.2, 0.25) is 11.8 Å². The summed E-state index contributed by atoms with van der Waals surface area (Å²) >= 11 is 11.6. The number of halogens is 11. The average Bonchev–Trinajstić information content (AvgIpc) is 3.54. The molecular formula is C24H19Cl2F9N6O6S2. The van der Waals surface area contributed by atoms with E-state index in [-0.39, 0.29) is 22.4 Å². The topological polar surface area (TPSA) is 148 Å². The molecule has 0 radical (unpaired) electrons. The van der Waals surface area contributed by atoms with Gasteiger partial charge in [-0.3, -0.25) is 0 Å². The van der Waals surface area contributed by atoms with Gasteiger partial charge < -0.3 is 9.47 Å². The molecule has 0 fully saturated rings. The van der Waals surface area contributed by atoms with Crippen LogP contribution in [-0.2, 0) is 25.9 Å². The fraction of sp³-hybridized carbons (Fsp3) is 0.333. The normalized spacial score (nSPS) is 12.8. The Morgan fingerprint density at radius 2 is 1.06 bits per heavy atom. The minimum Gasteiger partial charge on any atom is -0.481 e. The van der Waals surface area contributed by atoms with E-state index in [1.807, 2.05) is 0 Å². The third kappa shape index (κ3) is 7.52. The maximum absolute atomic E-state index is 12.9. The van der Waals surface area contributed by atoms with Gasteiger partial charge in [-0.2, -0.15) is 59.7 Å². The third-order valence-corrected chi connectivity index (χ3v) is 9.97. The maximum atomic E-state index is 12.9. The minimum absolute atomic E-state index is 0.0439. The number of ether oxygens (including phenoxy) is 2. The number of hydrogen-bond acceptors (Lipinski definition) is 10. The van der Waals surface area contributed by atoms with Gasteiger partial charge in [0, 0.05) is 0 Å². The molecule has 0 aliphatic rings. The zero-order chi connectivity index (χ0) is 37.7. The molecule has 49 heavy (non-hydrogen) atoms. The number of alkyl halides is 9. The quantitative estimate of drug-likeness (QED) is 0.201. The van der Waals surface area contributed by atoms with Gasteiger partial charge in [0.05, 0.1) is 43.0 Å². The number of nitrogens with zero attached hydrogens (tertiary/aromatic N) is 6. The molecule has 4 aromatic rings. The average molecular weight is 793 g/mol. The highest BCUT2D eigenvalue weighted by atomic mass is 35.5. The first kappa shape index (κ1) is 39.6. The van der Waals surface area contributed by atoms with Crippen molar-refractivity contribution in [1.82, 2.24) is 29.5 Å². The van der Waals surface area contributed by atoms with Crippen molar-refractivity contribution in [3.63, 3.8) is 0 Å². The summed E-state index contributed by atoms with van der Waals surface area (Å²) in [5.74, 6) is -1.28. The van der Waals surface area contributed by atoms with E-state index in [2.05, 4.69) is 24.9 Å². The Kier molecular flexibility index (Phi) is 10.9. The number of aryl methyl sites for hydroxylation is 1. The van der Waals surface area contributed by atoms with Crippen molar-refractivity contribution < 1.29 is 65.8 Å². The first-order valence-corrected chi connectivity index (χ1v) is 16.2. The Hall–Kier alpha value is -3.83. The number of hydrogen-bond donors (Lipinski definition) is 0. The van der Waals surface area contributed by atoms with Crippen LogP contribution in [0.5, 0.6) is 11.8 Å². The summed E-state index contributed by atoms with van der Waals surface area (Å²) in [6.07, 6.45) is -3.81. The zero-order valence-corrected chi connectivity index (χ0v) is 28.1. The second-order valence-corrected chi connectivity index (χ2v) is 14.0. The molecule has 0 saturated carbocycles. The maximum Gasteiger partial charge on any atom is 0.502 e. The van der Waals surface area contributed by atoms with Gasteiger partial charge in [0.25, 0.3) is 19.7 Å². The van der Waals surface area contributed by atoms with E-state index in [1.54, 1.807) is 6.92 Å². The Morgan fingerprint density at radius 1 is 0.653 bits per heavy atom. The van der Waals surface area contributed by atoms with Crippen molar-refractivity contribution in [1.29, 1.82) is 0 Å². The highest BCUT2D eigenvalue weighted by Crippen LogP contribution is 2.39. The standard InChI is InChI=1S/C12H8ClF6N3O3S.C12H11ClF3N3O3S/c1-5-8(26(23,24)12(17,18)19)4-20-22(5)9-7(13)3-6(11(14,15)16)10(21-9)25-2;1-6-4-8(13)11(22-3)18-10(6)19-7(2)9(5-17-19)23(20,21)12(14,15)16/h3-4H,1-2H3;4-5H,1-3H3. The van der Waals surface area contributed by atoms with Crippen molar-refractivity contribution in [3.8, 4) is 23.4 Å². The van der Waals surface area contributed by atoms with E-state index >= 15 is 0 Å². The first-order valence-electron chi connectivity index (χ1n) is 12.5. The molecule has 4 heterocycles. The Labute approximate surface area is 280 Å². The summed E-state index contributed by atoms with van der Waals surface area (Å²) < 4.78 is 172. The molecule has 4 aromatic heterocycles. The van der Waals surface area contributed by atoms with Gasteiger partial charge in [-0.05, 0) is 38.5 Å². The van der Waals surface area contributed by atoms with Crippen LogP contribution < -0.4 is 9.47 Å². The van der Waals surface area contributed by atoms with Crippen LogP contribution in [0.15, 0.2) is 34.3 Å². The fourth-order valence-electron chi connectivity index (χ4n) is 3.87. The van der Waals surface area contributed by atoms with Crippen LogP contribution in [0.3, 0.4) is 0 Å². The Bertz CT molecular complexity index is 2110. The second-order valence-electron chi connectivity index (χ2n) is 9.38. The molecule has 0 bridgehead atoms. The second kappa shape index (κ2) is 13.5. The molecule has 25 heteroatoms. The summed E-state index contributed by atoms with van der Waals surface area (Å²) in [5.41, 5.74) is -12.6. The number of sulfone groups is 2. The van der Waals surface area contributed by atoms with Crippen molar-refractivity contribution in [2.24, 2.45) is 0 Å². The van der Waals surface area contributed by atoms with Crippen molar-refractivity contribution in [3.05, 3.63) is 57.1 Å². The smallest absolute Gasteiger partial charge is 0.481 e. The Balaban J connectivity index is 0.000000267. The predicted molar refractivity (Wildman–Crippen MR) is 152 cm³/mol. The molecule has 0 amide bonds. The van der Waals surface area contributed by atoms with Crippen molar-refractivity contribution in [2.45, 2.75) is 47.8 Å². The molecule has 270 valence electrons. The van der Waals surface area contributed by atoms with E-state index in [4.69, 9.17) is 27.9 Å². The van der Waals surface area contributed by atoms with Crippen molar-refractivity contribution in [2.75, 3.05) is 14.2 Å². The summed E-state index contributed by atoms with van der Waals surface area (Å²) in [6.45, 7) is 3.77.